The number of aliphatic hydroxyl groups is 2. The topological polar surface area (TPSA) is 94.5 Å². The van der Waals surface area contributed by atoms with Crippen LogP contribution in [0.1, 0.15) is 40.0 Å². The smallest absolute Gasteiger partial charge is 0.339 e. The SMILES string of the molecule is COCCOCO[C@@]1(C)C(=O)O[C@@H]2C3=C(C)[C@@H](O)C[C@H]3[C@](C)(O)CC[C@H]21. The summed E-state index contributed by atoms with van der Waals surface area (Å²) >= 11 is 0. The molecule has 0 spiro atoms. The van der Waals surface area contributed by atoms with Crippen LogP contribution in [0.2, 0.25) is 0 Å². The average Bonchev–Trinajstić information content (AvgIpc) is 2.97. The molecule has 0 aromatic rings. The normalized spacial score (nSPS) is 42.5. The molecule has 2 N–H and O–H groups in total. The van der Waals surface area contributed by atoms with Crippen molar-refractivity contribution in [2.75, 3.05) is 27.1 Å². The fraction of sp³-hybridized carbons (Fsp3) is 0.842. The molecule has 3 rings (SSSR count). The summed E-state index contributed by atoms with van der Waals surface area (Å²) in [4.78, 5) is 12.7. The van der Waals surface area contributed by atoms with Gasteiger partial charge in [0.1, 0.15) is 12.9 Å². The van der Waals surface area contributed by atoms with Crippen LogP contribution in [0, 0.1) is 11.8 Å². The maximum absolute atomic E-state index is 12.7. The second-order valence-electron chi connectivity index (χ2n) is 8.04. The van der Waals surface area contributed by atoms with Gasteiger partial charge in [-0.05, 0) is 51.2 Å². The van der Waals surface area contributed by atoms with Crippen molar-refractivity contribution >= 4 is 5.97 Å². The number of carbonyl (C=O) groups is 1. The highest BCUT2D eigenvalue weighted by molar-refractivity contribution is 5.83. The summed E-state index contributed by atoms with van der Waals surface area (Å²) in [7, 11) is 1.59. The summed E-state index contributed by atoms with van der Waals surface area (Å²) in [6.45, 7) is 6.19. The number of carbonyl (C=O) groups excluding carboxylic acids is 1. The summed E-state index contributed by atoms with van der Waals surface area (Å²) in [5.41, 5.74) is -0.406. The van der Waals surface area contributed by atoms with E-state index in [0.717, 1.165) is 11.1 Å². The number of aliphatic hydroxyl groups excluding tert-OH is 1. The highest BCUT2D eigenvalue weighted by Gasteiger charge is 2.61. The first kappa shape index (κ1) is 19.8. The van der Waals surface area contributed by atoms with Gasteiger partial charge in [-0.15, -0.1) is 0 Å². The van der Waals surface area contributed by atoms with Crippen molar-refractivity contribution in [3.05, 3.63) is 11.1 Å². The Labute approximate surface area is 154 Å². The molecule has 0 aromatic heterocycles. The van der Waals surface area contributed by atoms with E-state index in [9.17, 15) is 15.0 Å². The first-order chi connectivity index (χ1) is 12.2. The second-order valence-corrected chi connectivity index (χ2v) is 8.04. The molecular weight excluding hydrogens is 340 g/mol. The average molecular weight is 370 g/mol. The first-order valence-corrected chi connectivity index (χ1v) is 9.25. The van der Waals surface area contributed by atoms with E-state index >= 15 is 0 Å². The molecule has 0 radical (unpaired) electrons. The van der Waals surface area contributed by atoms with Gasteiger partial charge in [0.05, 0.1) is 24.9 Å². The molecule has 1 aliphatic heterocycles. The quantitative estimate of drug-likeness (QED) is 0.314. The van der Waals surface area contributed by atoms with Gasteiger partial charge >= 0.3 is 5.97 Å². The summed E-state index contributed by atoms with van der Waals surface area (Å²) in [5.74, 6) is -0.849. The van der Waals surface area contributed by atoms with Crippen molar-refractivity contribution in [2.24, 2.45) is 11.8 Å². The van der Waals surface area contributed by atoms with E-state index in [2.05, 4.69) is 0 Å². The van der Waals surface area contributed by atoms with Crippen molar-refractivity contribution in [3.63, 3.8) is 0 Å². The third kappa shape index (κ3) is 3.20. The Bertz CT molecular complexity index is 584. The zero-order chi connectivity index (χ0) is 19.1. The summed E-state index contributed by atoms with van der Waals surface area (Å²) in [5, 5.41) is 21.3. The summed E-state index contributed by atoms with van der Waals surface area (Å²) < 4.78 is 21.9. The Balaban J connectivity index is 1.83. The van der Waals surface area contributed by atoms with Crippen LogP contribution in [0.25, 0.3) is 0 Å². The lowest BCUT2D eigenvalue weighted by Crippen LogP contribution is -2.42. The highest BCUT2D eigenvalue weighted by atomic mass is 16.7. The minimum atomic E-state index is -1.14. The van der Waals surface area contributed by atoms with Gasteiger partial charge in [-0.3, -0.25) is 0 Å². The van der Waals surface area contributed by atoms with Crippen LogP contribution in [-0.4, -0.2) is 66.7 Å². The minimum Gasteiger partial charge on any atom is -0.455 e. The summed E-state index contributed by atoms with van der Waals surface area (Å²) in [6.07, 6.45) is 0.503. The molecule has 2 fully saturated rings. The van der Waals surface area contributed by atoms with Gasteiger partial charge in [0.2, 0.25) is 0 Å². The molecule has 6 atom stereocenters. The van der Waals surface area contributed by atoms with E-state index in [4.69, 9.17) is 18.9 Å². The molecule has 1 heterocycles. The number of hydrogen-bond acceptors (Lipinski definition) is 7. The molecule has 1 saturated heterocycles. The van der Waals surface area contributed by atoms with Gasteiger partial charge < -0.3 is 29.2 Å². The van der Waals surface area contributed by atoms with E-state index in [1.807, 2.05) is 6.92 Å². The molecule has 26 heavy (non-hydrogen) atoms. The van der Waals surface area contributed by atoms with Crippen LogP contribution in [0.4, 0.5) is 0 Å². The Kier molecular flexibility index (Phi) is 5.48. The zero-order valence-electron chi connectivity index (χ0n) is 16.0. The first-order valence-electron chi connectivity index (χ1n) is 9.25. The van der Waals surface area contributed by atoms with Crippen molar-refractivity contribution in [1.82, 2.24) is 0 Å². The fourth-order valence-electron chi connectivity index (χ4n) is 4.62. The van der Waals surface area contributed by atoms with E-state index in [0.29, 0.717) is 32.5 Å². The number of rotatable bonds is 6. The number of esters is 1. The van der Waals surface area contributed by atoms with Crippen LogP contribution < -0.4 is 0 Å². The number of methoxy groups -OCH3 is 1. The van der Waals surface area contributed by atoms with Gasteiger partial charge in [-0.1, -0.05) is 0 Å². The van der Waals surface area contributed by atoms with E-state index in [-0.39, 0.29) is 18.6 Å². The van der Waals surface area contributed by atoms with Crippen LogP contribution in [-0.2, 0) is 23.7 Å². The largest absolute Gasteiger partial charge is 0.455 e. The monoisotopic (exact) mass is 370 g/mol. The van der Waals surface area contributed by atoms with Gasteiger partial charge in [0, 0.05) is 18.9 Å². The summed E-state index contributed by atoms with van der Waals surface area (Å²) in [6, 6.07) is 0. The van der Waals surface area contributed by atoms with Crippen molar-refractivity contribution < 1.29 is 34.0 Å². The van der Waals surface area contributed by atoms with E-state index in [1.54, 1.807) is 21.0 Å². The lowest BCUT2D eigenvalue weighted by Gasteiger charge is -2.31. The molecule has 0 aromatic carbocycles. The van der Waals surface area contributed by atoms with Crippen molar-refractivity contribution in [3.8, 4) is 0 Å². The van der Waals surface area contributed by atoms with Crippen molar-refractivity contribution in [2.45, 2.75) is 63.4 Å². The predicted molar refractivity (Wildman–Crippen MR) is 92.2 cm³/mol. The van der Waals surface area contributed by atoms with Crippen LogP contribution in [0.15, 0.2) is 11.1 Å². The molecule has 148 valence electrons. The lowest BCUT2D eigenvalue weighted by atomic mass is 9.81. The maximum atomic E-state index is 12.7. The molecule has 0 bridgehead atoms. The molecule has 1 saturated carbocycles. The van der Waals surface area contributed by atoms with Crippen LogP contribution in [0.5, 0.6) is 0 Å². The fourth-order valence-corrected chi connectivity index (χ4v) is 4.62. The Hall–Kier alpha value is -0.990. The predicted octanol–water partition coefficient (Wildman–Crippen LogP) is 1.17. The van der Waals surface area contributed by atoms with Gasteiger partial charge in [-0.2, -0.15) is 0 Å². The van der Waals surface area contributed by atoms with Gasteiger partial charge in [0.15, 0.2) is 5.60 Å². The highest BCUT2D eigenvalue weighted by Crippen LogP contribution is 2.53. The van der Waals surface area contributed by atoms with Gasteiger partial charge in [0.25, 0.3) is 0 Å². The van der Waals surface area contributed by atoms with E-state index < -0.39 is 29.4 Å². The number of fused-ring (bicyclic) bond motifs is 3. The molecule has 3 aliphatic rings. The maximum Gasteiger partial charge on any atom is 0.339 e. The van der Waals surface area contributed by atoms with E-state index in [1.165, 1.54) is 0 Å². The Morgan fingerprint density at radius 1 is 1.31 bits per heavy atom. The Morgan fingerprint density at radius 2 is 2.04 bits per heavy atom. The standard InChI is InChI=1S/C19H30O7/c1-11-14(20)9-13-15(11)16-12(5-6-18(13,2)22)19(3,17(21)26-16)25-10-24-8-7-23-4/h12-14,16,20,22H,5-10H2,1-4H3/t12-,13-,14+,16+,18-,19-/m1/s1. The molecular formula is C19H30O7. The zero-order valence-corrected chi connectivity index (χ0v) is 16.0. The van der Waals surface area contributed by atoms with Crippen molar-refractivity contribution in [1.29, 1.82) is 0 Å². The number of hydrogen-bond donors (Lipinski definition) is 2. The van der Waals surface area contributed by atoms with Gasteiger partial charge in [-0.25, -0.2) is 4.79 Å². The molecule has 0 amide bonds. The molecule has 2 aliphatic carbocycles. The lowest BCUT2D eigenvalue weighted by molar-refractivity contribution is -0.179. The van der Waals surface area contributed by atoms with Crippen LogP contribution >= 0.6 is 0 Å². The number of ether oxygens (including phenoxy) is 4. The third-order valence-corrected chi connectivity index (χ3v) is 6.39. The molecule has 7 nitrogen and oxygen atoms in total. The second kappa shape index (κ2) is 7.20. The Morgan fingerprint density at radius 3 is 2.73 bits per heavy atom. The molecule has 0 unspecified atom stereocenters. The third-order valence-electron chi connectivity index (χ3n) is 6.39. The van der Waals surface area contributed by atoms with Crippen LogP contribution in [0.3, 0.4) is 0 Å². The molecule has 7 heteroatoms. The minimum absolute atomic E-state index is 0.0291.